The van der Waals surface area contributed by atoms with Crippen LogP contribution in [0.15, 0.2) is 78.9 Å². The summed E-state index contributed by atoms with van der Waals surface area (Å²) in [5.74, 6) is -0.405. The summed E-state index contributed by atoms with van der Waals surface area (Å²) in [6.45, 7) is 2.31. The number of rotatable bonds is 9. The number of carbonyl (C=O) groups excluding carboxylic acids is 2. The molecule has 1 aliphatic carbocycles. The third-order valence-corrected chi connectivity index (χ3v) is 6.19. The first-order valence-electron chi connectivity index (χ1n) is 11.7. The van der Waals surface area contributed by atoms with Crippen LogP contribution in [-0.2, 0) is 20.7 Å². The second-order valence-electron chi connectivity index (χ2n) is 8.24. The summed E-state index contributed by atoms with van der Waals surface area (Å²) in [6.07, 6.45) is -0.142. The number of esters is 1. The molecule has 0 heterocycles. The maximum absolute atomic E-state index is 12.4. The molecule has 0 saturated heterocycles. The number of ether oxygens (including phenoxy) is 2. The monoisotopic (exact) mass is 488 g/mol. The minimum Gasteiger partial charge on any atom is -0.464 e. The lowest BCUT2D eigenvalue weighted by Gasteiger charge is -2.19. The van der Waals surface area contributed by atoms with Crippen LogP contribution in [0.1, 0.15) is 29.5 Å². The van der Waals surface area contributed by atoms with E-state index in [-0.39, 0.29) is 31.6 Å². The van der Waals surface area contributed by atoms with Gasteiger partial charge in [-0.15, -0.1) is 0 Å². The zero-order chi connectivity index (χ0) is 24.6. The maximum Gasteiger partial charge on any atom is 0.407 e. The summed E-state index contributed by atoms with van der Waals surface area (Å²) in [5, 5.41) is 5.69. The van der Waals surface area contributed by atoms with Crippen molar-refractivity contribution in [1.29, 1.82) is 0 Å². The van der Waals surface area contributed by atoms with Crippen LogP contribution >= 0.6 is 12.2 Å². The molecule has 180 valence electrons. The number of carbonyl (C=O) groups is 2. The third-order valence-electron chi connectivity index (χ3n) is 5.93. The molecule has 1 unspecified atom stereocenters. The summed E-state index contributed by atoms with van der Waals surface area (Å²) in [4.78, 5) is 25.2. The molecule has 1 amide bonds. The molecular formula is C28H28N2O4S. The third kappa shape index (κ3) is 6.05. The molecule has 0 spiro atoms. The van der Waals surface area contributed by atoms with Crippen LogP contribution in [0.3, 0.4) is 0 Å². The standard InChI is InChI=1S/C28H28N2O4S/c1-2-33-27(31)25(16-19-10-4-3-5-11-19)30-26(35)17-29-28(32)34-18-24-22-14-8-6-12-20(22)21-13-7-9-15-23(21)24/h3-15,24-25H,2,16-18H2,1H3,(H,29,32)(H,30,35). The van der Waals surface area contributed by atoms with Crippen molar-refractivity contribution in [2.24, 2.45) is 0 Å². The van der Waals surface area contributed by atoms with Gasteiger partial charge in [0.05, 0.1) is 18.1 Å². The van der Waals surface area contributed by atoms with Gasteiger partial charge in [0.1, 0.15) is 12.6 Å². The van der Waals surface area contributed by atoms with Gasteiger partial charge in [0.25, 0.3) is 0 Å². The van der Waals surface area contributed by atoms with E-state index in [4.69, 9.17) is 21.7 Å². The lowest BCUT2D eigenvalue weighted by molar-refractivity contribution is -0.145. The summed E-state index contributed by atoms with van der Waals surface area (Å²) in [7, 11) is 0. The average Bonchev–Trinajstić information content (AvgIpc) is 3.20. The van der Waals surface area contributed by atoms with E-state index in [9.17, 15) is 9.59 Å². The van der Waals surface area contributed by atoms with Gasteiger partial charge >= 0.3 is 12.1 Å². The lowest BCUT2D eigenvalue weighted by Crippen LogP contribution is -2.46. The van der Waals surface area contributed by atoms with Crippen LogP contribution in [0.25, 0.3) is 11.1 Å². The second kappa shape index (κ2) is 11.6. The van der Waals surface area contributed by atoms with E-state index in [1.165, 1.54) is 11.1 Å². The molecule has 0 radical (unpaired) electrons. The quantitative estimate of drug-likeness (QED) is 0.338. The molecule has 7 heteroatoms. The number of alkyl carbamates (subject to hydrolysis) is 1. The smallest absolute Gasteiger partial charge is 0.407 e. The summed E-state index contributed by atoms with van der Waals surface area (Å²) in [5.41, 5.74) is 5.62. The van der Waals surface area contributed by atoms with Crippen LogP contribution in [0.5, 0.6) is 0 Å². The predicted molar refractivity (Wildman–Crippen MR) is 139 cm³/mol. The molecule has 2 N–H and O–H groups in total. The van der Waals surface area contributed by atoms with E-state index in [0.717, 1.165) is 16.7 Å². The van der Waals surface area contributed by atoms with Crippen LogP contribution in [0.2, 0.25) is 0 Å². The van der Waals surface area contributed by atoms with Crippen molar-refractivity contribution in [2.75, 3.05) is 19.8 Å². The molecule has 3 aromatic rings. The Hall–Kier alpha value is -3.71. The van der Waals surface area contributed by atoms with Crippen molar-refractivity contribution in [3.63, 3.8) is 0 Å². The Morgan fingerprint density at radius 1 is 0.886 bits per heavy atom. The zero-order valence-electron chi connectivity index (χ0n) is 19.5. The molecule has 0 fully saturated rings. The van der Waals surface area contributed by atoms with Crippen LogP contribution in [0, 0.1) is 0 Å². The molecule has 0 saturated carbocycles. The van der Waals surface area contributed by atoms with Gasteiger partial charge in [-0.25, -0.2) is 9.59 Å². The van der Waals surface area contributed by atoms with Gasteiger partial charge in [0, 0.05) is 12.3 Å². The van der Waals surface area contributed by atoms with E-state index in [1.54, 1.807) is 6.92 Å². The molecule has 4 rings (SSSR count). The van der Waals surface area contributed by atoms with E-state index in [2.05, 4.69) is 34.9 Å². The van der Waals surface area contributed by atoms with Crippen molar-refractivity contribution in [2.45, 2.75) is 25.3 Å². The summed E-state index contributed by atoms with van der Waals surface area (Å²) >= 11 is 5.37. The molecule has 0 aromatic heterocycles. The van der Waals surface area contributed by atoms with Crippen molar-refractivity contribution < 1.29 is 19.1 Å². The van der Waals surface area contributed by atoms with Crippen LogP contribution in [-0.4, -0.2) is 42.9 Å². The highest BCUT2D eigenvalue weighted by Crippen LogP contribution is 2.44. The first-order chi connectivity index (χ1) is 17.1. The Morgan fingerprint density at radius 2 is 1.49 bits per heavy atom. The molecule has 1 aliphatic rings. The normalized spacial score (nSPS) is 12.7. The number of amides is 1. The Kier molecular flexibility index (Phi) is 8.11. The molecule has 0 bridgehead atoms. The van der Waals surface area contributed by atoms with Crippen molar-refractivity contribution in [3.8, 4) is 11.1 Å². The second-order valence-corrected chi connectivity index (χ2v) is 8.73. The molecule has 6 nitrogen and oxygen atoms in total. The van der Waals surface area contributed by atoms with E-state index in [1.807, 2.05) is 54.6 Å². The fraction of sp³-hybridized carbons (Fsp3) is 0.250. The first-order valence-corrected chi connectivity index (χ1v) is 12.1. The van der Waals surface area contributed by atoms with E-state index < -0.39 is 12.1 Å². The molecule has 1 atom stereocenters. The van der Waals surface area contributed by atoms with Crippen molar-refractivity contribution in [1.82, 2.24) is 10.6 Å². The van der Waals surface area contributed by atoms with Gasteiger partial charge in [-0.05, 0) is 34.7 Å². The van der Waals surface area contributed by atoms with Gasteiger partial charge in [-0.3, -0.25) is 0 Å². The van der Waals surface area contributed by atoms with Gasteiger partial charge in [0.2, 0.25) is 0 Å². The Labute approximate surface area is 210 Å². The number of nitrogens with one attached hydrogen (secondary N) is 2. The number of thiocarbonyl (C=S) groups is 1. The molecule has 35 heavy (non-hydrogen) atoms. The van der Waals surface area contributed by atoms with Crippen molar-refractivity contribution >= 4 is 29.3 Å². The van der Waals surface area contributed by atoms with E-state index >= 15 is 0 Å². The zero-order valence-corrected chi connectivity index (χ0v) is 20.3. The fourth-order valence-corrected chi connectivity index (χ4v) is 4.55. The SMILES string of the molecule is CCOC(=O)C(Cc1ccccc1)NC(=S)CNC(=O)OCC1c2ccccc2-c2ccccc21. The fourth-order valence-electron chi connectivity index (χ4n) is 4.33. The Bertz CT molecular complexity index is 1150. The molecule has 0 aliphatic heterocycles. The largest absolute Gasteiger partial charge is 0.464 e. The summed E-state index contributed by atoms with van der Waals surface area (Å²) in [6, 6.07) is 25.3. The van der Waals surface area contributed by atoms with Crippen molar-refractivity contribution in [3.05, 3.63) is 95.6 Å². The van der Waals surface area contributed by atoms with Crippen LogP contribution in [0.4, 0.5) is 4.79 Å². The highest BCUT2D eigenvalue weighted by Gasteiger charge is 2.29. The number of hydrogen-bond donors (Lipinski definition) is 2. The Balaban J connectivity index is 1.30. The molecular weight excluding hydrogens is 460 g/mol. The maximum atomic E-state index is 12.4. The minimum absolute atomic E-state index is 0.0164. The predicted octanol–water partition coefficient (Wildman–Crippen LogP) is 4.62. The molecule has 3 aromatic carbocycles. The highest BCUT2D eigenvalue weighted by atomic mass is 32.1. The van der Waals surface area contributed by atoms with E-state index in [0.29, 0.717) is 11.4 Å². The Morgan fingerprint density at radius 3 is 2.11 bits per heavy atom. The minimum atomic E-state index is -0.644. The summed E-state index contributed by atoms with van der Waals surface area (Å²) < 4.78 is 10.7. The van der Waals surface area contributed by atoms with Gasteiger partial charge in [-0.2, -0.15) is 0 Å². The number of benzene rings is 3. The number of hydrogen-bond acceptors (Lipinski definition) is 5. The van der Waals surface area contributed by atoms with Gasteiger partial charge in [-0.1, -0.05) is 91.1 Å². The van der Waals surface area contributed by atoms with Gasteiger partial charge in [0.15, 0.2) is 0 Å². The van der Waals surface area contributed by atoms with Gasteiger partial charge < -0.3 is 20.1 Å². The topological polar surface area (TPSA) is 76.7 Å². The number of fused-ring (bicyclic) bond motifs is 3. The first kappa shape index (κ1) is 24.4. The lowest BCUT2D eigenvalue weighted by atomic mass is 9.98. The average molecular weight is 489 g/mol. The van der Waals surface area contributed by atoms with Crippen LogP contribution < -0.4 is 10.6 Å². The highest BCUT2D eigenvalue weighted by molar-refractivity contribution is 7.80.